The van der Waals surface area contributed by atoms with Crippen LogP contribution in [0.2, 0.25) is 5.02 Å². The van der Waals surface area contributed by atoms with E-state index in [2.05, 4.69) is 5.32 Å². The first kappa shape index (κ1) is 11.3. The van der Waals surface area contributed by atoms with Crippen molar-refractivity contribution in [2.75, 3.05) is 5.32 Å². The Labute approximate surface area is 99.4 Å². The highest BCUT2D eigenvalue weighted by molar-refractivity contribution is 6.30. The van der Waals surface area contributed by atoms with Gasteiger partial charge in [-0.05, 0) is 37.0 Å². The maximum absolute atomic E-state index is 11.3. The van der Waals surface area contributed by atoms with Crippen LogP contribution in [0.15, 0.2) is 18.2 Å². The van der Waals surface area contributed by atoms with Crippen molar-refractivity contribution in [3.8, 4) is 0 Å². The lowest BCUT2D eigenvalue weighted by atomic mass is 9.84. The Bertz CT molecular complexity index is 433. The van der Waals surface area contributed by atoms with E-state index < -0.39 is 11.5 Å². The van der Waals surface area contributed by atoms with Gasteiger partial charge in [-0.1, -0.05) is 24.6 Å². The van der Waals surface area contributed by atoms with Crippen LogP contribution >= 0.6 is 11.6 Å². The number of carbonyl (C=O) groups is 1. The van der Waals surface area contributed by atoms with Gasteiger partial charge in [0.25, 0.3) is 0 Å². The molecule has 0 radical (unpaired) electrons. The second-order valence-corrected chi connectivity index (χ2v) is 4.60. The lowest BCUT2D eigenvalue weighted by Gasteiger charge is -2.35. The number of aliphatic carboxylic acids is 1. The van der Waals surface area contributed by atoms with Gasteiger partial charge >= 0.3 is 5.97 Å². The summed E-state index contributed by atoms with van der Waals surface area (Å²) < 4.78 is 0. The van der Waals surface area contributed by atoms with Crippen LogP contribution in [0.1, 0.15) is 25.3 Å². The van der Waals surface area contributed by atoms with Crippen LogP contribution in [0.5, 0.6) is 0 Å². The minimum Gasteiger partial charge on any atom is -0.480 e. The summed E-state index contributed by atoms with van der Waals surface area (Å²) in [5, 5.41) is 13.0. The lowest BCUT2D eigenvalue weighted by molar-refractivity contribution is -0.142. The van der Waals surface area contributed by atoms with Gasteiger partial charge in [0.15, 0.2) is 0 Å². The summed E-state index contributed by atoms with van der Waals surface area (Å²) in [6.45, 7) is 1.89. The number of carboxylic acids is 1. The summed E-state index contributed by atoms with van der Waals surface area (Å²) in [5.41, 5.74) is 1.15. The number of carboxylic acid groups (broad SMARTS) is 1. The molecular weight excluding hydrogens is 226 g/mol. The van der Waals surface area contributed by atoms with E-state index >= 15 is 0 Å². The first-order valence-corrected chi connectivity index (χ1v) is 5.75. The molecule has 0 aliphatic carbocycles. The molecule has 0 saturated heterocycles. The van der Waals surface area contributed by atoms with Gasteiger partial charge in [-0.2, -0.15) is 0 Å². The Morgan fingerprint density at radius 2 is 2.38 bits per heavy atom. The molecule has 4 heteroatoms. The van der Waals surface area contributed by atoms with Gasteiger partial charge in [-0.25, -0.2) is 4.79 Å². The first-order chi connectivity index (χ1) is 7.57. The fraction of sp³-hybridized carbons (Fsp3) is 0.417. The van der Waals surface area contributed by atoms with Crippen molar-refractivity contribution in [1.82, 2.24) is 0 Å². The van der Waals surface area contributed by atoms with Crippen LogP contribution in [0, 0.1) is 0 Å². The monoisotopic (exact) mass is 239 g/mol. The Morgan fingerprint density at radius 3 is 3.00 bits per heavy atom. The normalized spacial score (nSPS) is 23.4. The topological polar surface area (TPSA) is 49.3 Å². The van der Waals surface area contributed by atoms with Crippen molar-refractivity contribution in [1.29, 1.82) is 0 Å². The molecule has 0 spiro atoms. The fourth-order valence-electron chi connectivity index (χ4n) is 2.13. The highest BCUT2D eigenvalue weighted by Gasteiger charge is 2.39. The number of halogens is 1. The van der Waals surface area contributed by atoms with Gasteiger partial charge in [0.1, 0.15) is 5.54 Å². The van der Waals surface area contributed by atoms with E-state index in [0.717, 1.165) is 17.7 Å². The molecule has 2 rings (SSSR count). The van der Waals surface area contributed by atoms with E-state index in [9.17, 15) is 9.90 Å². The second kappa shape index (κ2) is 3.98. The van der Waals surface area contributed by atoms with Crippen molar-refractivity contribution in [3.05, 3.63) is 28.8 Å². The Morgan fingerprint density at radius 1 is 1.62 bits per heavy atom. The Balaban J connectivity index is 2.38. The van der Waals surface area contributed by atoms with E-state index in [1.807, 2.05) is 19.1 Å². The summed E-state index contributed by atoms with van der Waals surface area (Å²) in [6.07, 6.45) is 1.96. The molecule has 86 valence electrons. The number of hydrogen-bond donors (Lipinski definition) is 2. The van der Waals surface area contributed by atoms with E-state index in [-0.39, 0.29) is 0 Å². The molecule has 1 atom stereocenters. The minimum atomic E-state index is -0.836. The van der Waals surface area contributed by atoms with Crippen LogP contribution in [0.25, 0.3) is 0 Å². The molecule has 1 aromatic carbocycles. The maximum Gasteiger partial charge on any atom is 0.329 e. The van der Waals surface area contributed by atoms with Gasteiger partial charge in [0, 0.05) is 10.7 Å². The highest BCUT2D eigenvalue weighted by Crippen LogP contribution is 2.34. The first-order valence-electron chi connectivity index (χ1n) is 5.37. The molecule has 1 unspecified atom stereocenters. The number of rotatable bonds is 2. The predicted octanol–water partition coefficient (Wildman–Crippen LogP) is 2.93. The number of anilines is 1. The summed E-state index contributed by atoms with van der Waals surface area (Å²) in [7, 11) is 0. The molecule has 0 saturated carbocycles. The van der Waals surface area contributed by atoms with Crippen molar-refractivity contribution in [2.24, 2.45) is 0 Å². The molecule has 16 heavy (non-hydrogen) atoms. The molecule has 1 aromatic rings. The fourth-order valence-corrected chi connectivity index (χ4v) is 2.30. The third-order valence-corrected chi connectivity index (χ3v) is 3.52. The third kappa shape index (κ3) is 1.76. The number of nitrogens with one attached hydrogen (secondary N) is 1. The Kier molecular flexibility index (Phi) is 2.80. The van der Waals surface area contributed by atoms with Crippen LogP contribution in [0.4, 0.5) is 5.69 Å². The van der Waals surface area contributed by atoms with Crippen molar-refractivity contribution >= 4 is 23.3 Å². The van der Waals surface area contributed by atoms with Gasteiger partial charge in [-0.15, -0.1) is 0 Å². The van der Waals surface area contributed by atoms with Crippen LogP contribution in [-0.4, -0.2) is 16.6 Å². The van der Waals surface area contributed by atoms with Gasteiger partial charge < -0.3 is 10.4 Å². The zero-order valence-electron chi connectivity index (χ0n) is 9.09. The summed E-state index contributed by atoms with van der Waals surface area (Å²) in [4.78, 5) is 11.3. The van der Waals surface area contributed by atoms with Crippen molar-refractivity contribution in [2.45, 2.75) is 31.7 Å². The molecule has 1 heterocycles. The molecule has 0 amide bonds. The van der Waals surface area contributed by atoms with Crippen molar-refractivity contribution in [3.63, 3.8) is 0 Å². The number of fused-ring (bicyclic) bond motifs is 1. The highest BCUT2D eigenvalue weighted by atomic mass is 35.5. The third-order valence-electron chi connectivity index (χ3n) is 3.28. The zero-order chi connectivity index (χ0) is 11.8. The molecule has 3 nitrogen and oxygen atoms in total. The van der Waals surface area contributed by atoms with Crippen LogP contribution in [-0.2, 0) is 11.2 Å². The average Bonchev–Trinajstić information content (AvgIpc) is 2.27. The van der Waals surface area contributed by atoms with E-state index in [0.29, 0.717) is 17.9 Å². The molecule has 1 aliphatic rings. The van der Waals surface area contributed by atoms with Crippen LogP contribution < -0.4 is 5.32 Å². The van der Waals surface area contributed by atoms with E-state index in [1.165, 1.54) is 0 Å². The van der Waals surface area contributed by atoms with E-state index in [1.54, 1.807) is 6.07 Å². The minimum absolute atomic E-state index is 0.564. The number of aryl methyl sites for hydroxylation is 1. The lowest BCUT2D eigenvalue weighted by Crippen LogP contribution is -2.48. The van der Waals surface area contributed by atoms with Crippen LogP contribution in [0.3, 0.4) is 0 Å². The Hall–Kier alpha value is -1.22. The standard InChI is InChI=1S/C12H14ClNO2/c1-2-12(11(15)16)6-5-8-3-4-9(13)7-10(8)14-12/h3-4,7,14H,2,5-6H2,1H3,(H,15,16). The SMILES string of the molecule is CCC1(C(=O)O)CCc2ccc(Cl)cc2N1. The van der Waals surface area contributed by atoms with E-state index in [4.69, 9.17) is 11.6 Å². The quantitative estimate of drug-likeness (QED) is 0.834. The smallest absolute Gasteiger partial charge is 0.329 e. The largest absolute Gasteiger partial charge is 0.480 e. The summed E-state index contributed by atoms with van der Waals surface area (Å²) >= 11 is 5.91. The van der Waals surface area contributed by atoms with Crippen molar-refractivity contribution < 1.29 is 9.90 Å². The molecule has 0 bridgehead atoms. The predicted molar refractivity (Wildman–Crippen MR) is 64.1 cm³/mol. The molecule has 2 N–H and O–H groups in total. The molecule has 0 fully saturated rings. The number of benzene rings is 1. The maximum atomic E-state index is 11.3. The second-order valence-electron chi connectivity index (χ2n) is 4.17. The summed E-state index contributed by atoms with van der Waals surface area (Å²) in [5.74, 6) is -0.791. The summed E-state index contributed by atoms with van der Waals surface area (Å²) in [6, 6.07) is 5.58. The van der Waals surface area contributed by atoms with Gasteiger partial charge in [-0.3, -0.25) is 0 Å². The molecular formula is C12H14ClNO2. The zero-order valence-corrected chi connectivity index (χ0v) is 9.84. The molecule has 1 aliphatic heterocycles. The average molecular weight is 240 g/mol. The number of hydrogen-bond acceptors (Lipinski definition) is 2. The molecule has 0 aromatic heterocycles. The van der Waals surface area contributed by atoms with Gasteiger partial charge in [0.05, 0.1) is 0 Å². The van der Waals surface area contributed by atoms with Gasteiger partial charge in [0.2, 0.25) is 0 Å².